The maximum absolute atomic E-state index is 12.2. The lowest BCUT2D eigenvalue weighted by atomic mass is 10.1. The summed E-state index contributed by atoms with van der Waals surface area (Å²) in [7, 11) is 0. The third-order valence-corrected chi connectivity index (χ3v) is 4.67. The average molecular weight is 322 g/mol. The zero-order valence-electron chi connectivity index (χ0n) is 14.4. The van der Waals surface area contributed by atoms with E-state index in [1.807, 2.05) is 24.3 Å². The van der Waals surface area contributed by atoms with Crippen molar-refractivity contribution in [3.8, 4) is 0 Å². The Morgan fingerprint density at radius 3 is 2.17 bits per heavy atom. The predicted octanol–water partition coefficient (Wildman–Crippen LogP) is 4.42. The molecule has 2 aromatic rings. The summed E-state index contributed by atoms with van der Waals surface area (Å²) in [6.07, 6.45) is 5.32. The van der Waals surface area contributed by atoms with E-state index in [9.17, 15) is 4.79 Å². The van der Waals surface area contributed by atoms with Crippen molar-refractivity contribution in [1.29, 1.82) is 0 Å². The van der Waals surface area contributed by atoms with Gasteiger partial charge < -0.3 is 10.2 Å². The highest BCUT2D eigenvalue weighted by Crippen LogP contribution is 2.21. The van der Waals surface area contributed by atoms with Gasteiger partial charge in [0.25, 0.3) is 0 Å². The van der Waals surface area contributed by atoms with Crippen molar-refractivity contribution in [2.24, 2.45) is 0 Å². The van der Waals surface area contributed by atoms with E-state index < -0.39 is 0 Å². The van der Waals surface area contributed by atoms with Gasteiger partial charge in [-0.3, -0.25) is 4.79 Å². The molecule has 0 aliphatic carbocycles. The molecule has 3 nitrogen and oxygen atoms in total. The number of carbonyl (C=O) groups excluding carboxylic acids is 1. The first kappa shape index (κ1) is 16.6. The van der Waals surface area contributed by atoms with Crippen molar-refractivity contribution >= 4 is 17.3 Å². The number of amides is 1. The average Bonchev–Trinajstić information content (AvgIpc) is 2.64. The van der Waals surface area contributed by atoms with E-state index in [-0.39, 0.29) is 5.91 Å². The van der Waals surface area contributed by atoms with Crippen LogP contribution in [0, 0.1) is 0 Å². The second-order valence-electron chi connectivity index (χ2n) is 6.49. The zero-order valence-corrected chi connectivity index (χ0v) is 14.4. The molecule has 0 aromatic heterocycles. The van der Waals surface area contributed by atoms with Crippen LogP contribution in [0.2, 0.25) is 0 Å². The molecule has 0 radical (unpaired) electrons. The number of hydrogen-bond donors (Lipinski definition) is 1. The monoisotopic (exact) mass is 322 g/mol. The number of nitrogens with zero attached hydrogens (tertiary/aromatic N) is 1. The molecular weight excluding hydrogens is 296 g/mol. The Hall–Kier alpha value is -2.29. The smallest absolute Gasteiger partial charge is 0.228 e. The van der Waals surface area contributed by atoms with Crippen LogP contribution in [0.3, 0.4) is 0 Å². The van der Waals surface area contributed by atoms with E-state index in [2.05, 4.69) is 41.4 Å². The summed E-state index contributed by atoms with van der Waals surface area (Å²) in [5.41, 5.74) is 4.47. The van der Waals surface area contributed by atoms with Crippen molar-refractivity contribution in [2.75, 3.05) is 23.3 Å². The van der Waals surface area contributed by atoms with Crippen LogP contribution in [0.25, 0.3) is 0 Å². The second kappa shape index (κ2) is 8.00. The molecule has 0 atom stereocenters. The molecule has 1 saturated heterocycles. The first-order chi connectivity index (χ1) is 11.7. The lowest BCUT2D eigenvalue weighted by molar-refractivity contribution is -0.115. The molecule has 0 spiro atoms. The third-order valence-electron chi connectivity index (χ3n) is 4.67. The zero-order chi connectivity index (χ0) is 16.8. The molecule has 0 saturated carbocycles. The molecule has 1 aliphatic heterocycles. The minimum Gasteiger partial charge on any atom is -0.372 e. The minimum absolute atomic E-state index is 0.0324. The van der Waals surface area contributed by atoms with Crippen LogP contribution in [0.1, 0.15) is 37.3 Å². The molecule has 126 valence electrons. The predicted molar refractivity (Wildman–Crippen MR) is 101 cm³/mol. The first-order valence-electron chi connectivity index (χ1n) is 8.97. The number of benzene rings is 2. The van der Waals surface area contributed by atoms with E-state index >= 15 is 0 Å². The number of rotatable bonds is 5. The molecule has 3 heteroatoms. The van der Waals surface area contributed by atoms with Crippen molar-refractivity contribution in [2.45, 2.75) is 39.0 Å². The number of nitrogens with one attached hydrogen (secondary N) is 1. The maximum atomic E-state index is 12.2. The topological polar surface area (TPSA) is 32.3 Å². The minimum atomic E-state index is 0.0324. The molecule has 1 amide bonds. The molecule has 1 fully saturated rings. The molecule has 1 aliphatic rings. The van der Waals surface area contributed by atoms with Gasteiger partial charge >= 0.3 is 0 Å². The van der Waals surface area contributed by atoms with Gasteiger partial charge in [-0.25, -0.2) is 0 Å². The fourth-order valence-corrected chi connectivity index (χ4v) is 3.19. The highest BCUT2D eigenvalue weighted by molar-refractivity contribution is 5.92. The molecule has 24 heavy (non-hydrogen) atoms. The number of hydrogen-bond acceptors (Lipinski definition) is 2. The molecular formula is C21H26N2O. The van der Waals surface area contributed by atoms with Crippen molar-refractivity contribution in [3.63, 3.8) is 0 Å². The molecule has 1 heterocycles. The molecule has 2 aromatic carbocycles. The maximum Gasteiger partial charge on any atom is 0.228 e. The summed E-state index contributed by atoms with van der Waals surface area (Å²) in [6.45, 7) is 4.41. The van der Waals surface area contributed by atoms with E-state index in [1.54, 1.807) is 0 Å². The number of anilines is 2. The largest absolute Gasteiger partial charge is 0.372 e. The summed E-state index contributed by atoms with van der Waals surface area (Å²) in [6, 6.07) is 16.5. The van der Waals surface area contributed by atoms with Gasteiger partial charge in [0.15, 0.2) is 0 Å². The summed E-state index contributed by atoms with van der Waals surface area (Å²) in [5, 5.41) is 2.99. The molecule has 1 N–H and O–H groups in total. The Morgan fingerprint density at radius 2 is 1.54 bits per heavy atom. The van der Waals surface area contributed by atoms with Crippen LogP contribution in [0.15, 0.2) is 48.5 Å². The highest BCUT2D eigenvalue weighted by atomic mass is 16.1. The van der Waals surface area contributed by atoms with Gasteiger partial charge in [0.2, 0.25) is 5.91 Å². The van der Waals surface area contributed by atoms with E-state index in [0.717, 1.165) is 30.8 Å². The van der Waals surface area contributed by atoms with Gasteiger partial charge in [0.05, 0.1) is 6.42 Å². The molecule has 0 bridgehead atoms. The summed E-state index contributed by atoms with van der Waals surface area (Å²) in [5.74, 6) is 0.0324. The van der Waals surface area contributed by atoms with Gasteiger partial charge in [-0.05, 0) is 61.1 Å². The SMILES string of the molecule is CCc1ccc(CC(=O)Nc2ccc(N3CCCCC3)cc2)cc1. The number of aryl methyl sites for hydroxylation is 1. The summed E-state index contributed by atoms with van der Waals surface area (Å²) < 4.78 is 0. The highest BCUT2D eigenvalue weighted by Gasteiger charge is 2.11. The summed E-state index contributed by atoms with van der Waals surface area (Å²) >= 11 is 0. The standard InChI is InChI=1S/C21H26N2O/c1-2-17-6-8-18(9-7-17)16-21(24)22-19-10-12-20(13-11-19)23-14-4-3-5-15-23/h6-13H,2-5,14-16H2,1H3,(H,22,24). The quantitative estimate of drug-likeness (QED) is 0.884. The van der Waals surface area contributed by atoms with E-state index in [1.165, 1.54) is 30.5 Å². The molecule has 0 unspecified atom stereocenters. The first-order valence-corrected chi connectivity index (χ1v) is 8.97. The van der Waals surface area contributed by atoms with Crippen molar-refractivity contribution in [1.82, 2.24) is 0 Å². The van der Waals surface area contributed by atoms with Gasteiger partial charge in [-0.1, -0.05) is 31.2 Å². The van der Waals surface area contributed by atoms with Crippen molar-refractivity contribution < 1.29 is 4.79 Å². The fraction of sp³-hybridized carbons (Fsp3) is 0.381. The number of piperidine rings is 1. The summed E-state index contributed by atoms with van der Waals surface area (Å²) in [4.78, 5) is 14.6. The lowest BCUT2D eigenvalue weighted by Gasteiger charge is -2.28. The fourth-order valence-electron chi connectivity index (χ4n) is 3.19. The van der Waals surface area contributed by atoms with Crippen LogP contribution in [-0.4, -0.2) is 19.0 Å². The lowest BCUT2D eigenvalue weighted by Crippen LogP contribution is -2.29. The Bertz CT molecular complexity index is 655. The van der Waals surface area contributed by atoms with Crippen LogP contribution in [-0.2, 0) is 17.6 Å². The van der Waals surface area contributed by atoms with Crippen LogP contribution in [0.4, 0.5) is 11.4 Å². The van der Waals surface area contributed by atoms with Crippen LogP contribution < -0.4 is 10.2 Å². The Labute approximate surface area is 144 Å². The van der Waals surface area contributed by atoms with Crippen molar-refractivity contribution in [3.05, 3.63) is 59.7 Å². The van der Waals surface area contributed by atoms with Crippen LogP contribution >= 0.6 is 0 Å². The Morgan fingerprint density at radius 1 is 0.917 bits per heavy atom. The van der Waals surface area contributed by atoms with Crippen LogP contribution in [0.5, 0.6) is 0 Å². The number of carbonyl (C=O) groups is 1. The normalized spacial score (nSPS) is 14.5. The van der Waals surface area contributed by atoms with Gasteiger partial charge in [0.1, 0.15) is 0 Å². The van der Waals surface area contributed by atoms with E-state index in [4.69, 9.17) is 0 Å². The van der Waals surface area contributed by atoms with Gasteiger partial charge in [-0.2, -0.15) is 0 Å². The second-order valence-corrected chi connectivity index (χ2v) is 6.49. The van der Waals surface area contributed by atoms with Gasteiger partial charge in [-0.15, -0.1) is 0 Å². The van der Waals surface area contributed by atoms with Gasteiger partial charge in [0, 0.05) is 24.5 Å². The van der Waals surface area contributed by atoms with E-state index in [0.29, 0.717) is 6.42 Å². The Balaban J connectivity index is 1.55. The Kier molecular flexibility index (Phi) is 5.52. The third kappa shape index (κ3) is 4.38. The molecule has 3 rings (SSSR count).